The van der Waals surface area contributed by atoms with E-state index in [1.54, 1.807) is 12.1 Å². The highest BCUT2D eigenvalue weighted by atomic mass is 19.1. The number of carbonyl (C=O) groups is 1. The van der Waals surface area contributed by atoms with E-state index in [0.29, 0.717) is 13.1 Å². The van der Waals surface area contributed by atoms with Crippen LogP contribution in [0.1, 0.15) is 11.1 Å². The molecule has 0 bridgehead atoms. The van der Waals surface area contributed by atoms with Crippen LogP contribution >= 0.6 is 0 Å². The molecule has 0 unspecified atom stereocenters. The highest BCUT2D eigenvalue weighted by Gasteiger charge is 2.18. The van der Waals surface area contributed by atoms with Crippen molar-refractivity contribution in [3.63, 3.8) is 0 Å². The number of benzene rings is 2. The monoisotopic (exact) mass is 429 g/mol. The van der Waals surface area contributed by atoms with E-state index in [0.717, 1.165) is 62.0 Å². The highest BCUT2D eigenvalue weighted by Crippen LogP contribution is 2.32. The molecule has 8 heteroatoms. The largest absolute Gasteiger partial charge is 0.454 e. The van der Waals surface area contributed by atoms with E-state index in [2.05, 4.69) is 15.1 Å². The standard InChI is InChI=1S/C23H28FN3O4/c24-20-4-1-18(2-5-20)14-25-23(28)16-27(8-7-26-9-11-29-12-10-26)15-19-3-6-21-22(13-19)31-17-30-21/h1-6,13H,7-12,14-17H2,(H,25,28). The number of halogens is 1. The van der Waals surface area contributed by atoms with Gasteiger partial charge in [-0.15, -0.1) is 0 Å². The Morgan fingerprint density at radius 2 is 1.77 bits per heavy atom. The highest BCUT2D eigenvalue weighted by molar-refractivity contribution is 5.78. The summed E-state index contributed by atoms with van der Waals surface area (Å²) in [6.45, 7) is 6.48. The van der Waals surface area contributed by atoms with Crippen LogP contribution < -0.4 is 14.8 Å². The fourth-order valence-corrected chi connectivity index (χ4v) is 3.68. The van der Waals surface area contributed by atoms with Crippen molar-refractivity contribution in [2.75, 3.05) is 52.7 Å². The van der Waals surface area contributed by atoms with Gasteiger partial charge in [0, 0.05) is 39.3 Å². The SMILES string of the molecule is O=C(CN(CCN1CCOCC1)Cc1ccc2c(c1)OCO2)NCc1ccc(F)cc1. The van der Waals surface area contributed by atoms with Gasteiger partial charge in [0.2, 0.25) is 12.7 Å². The first kappa shape index (κ1) is 21.5. The second kappa shape index (κ2) is 10.6. The third kappa shape index (κ3) is 6.40. The van der Waals surface area contributed by atoms with Crippen molar-refractivity contribution in [1.29, 1.82) is 0 Å². The lowest BCUT2D eigenvalue weighted by Gasteiger charge is -2.30. The second-order valence-corrected chi connectivity index (χ2v) is 7.76. The molecule has 0 radical (unpaired) electrons. The van der Waals surface area contributed by atoms with Gasteiger partial charge in [0.25, 0.3) is 0 Å². The molecule has 166 valence electrons. The summed E-state index contributed by atoms with van der Waals surface area (Å²) in [6, 6.07) is 12.0. The van der Waals surface area contributed by atoms with Crippen LogP contribution in [0.5, 0.6) is 11.5 Å². The van der Waals surface area contributed by atoms with Gasteiger partial charge < -0.3 is 19.5 Å². The fourth-order valence-electron chi connectivity index (χ4n) is 3.68. The van der Waals surface area contributed by atoms with Crippen LogP contribution in [-0.4, -0.2) is 68.4 Å². The van der Waals surface area contributed by atoms with Crippen LogP contribution in [0.2, 0.25) is 0 Å². The van der Waals surface area contributed by atoms with Gasteiger partial charge in [-0.3, -0.25) is 14.6 Å². The molecule has 0 aliphatic carbocycles. The predicted octanol–water partition coefficient (Wildman–Crippen LogP) is 2.00. The van der Waals surface area contributed by atoms with Crippen molar-refractivity contribution >= 4 is 5.91 Å². The Kier molecular flexibility index (Phi) is 7.35. The molecule has 0 aromatic heterocycles. The zero-order valence-corrected chi connectivity index (χ0v) is 17.5. The summed E-state index contributed by atoms with van der Waals surface area (Å²) in [7, 11) is 0. The van der Waals surface area contributed by atoms with Gasteiger partial charge in [0.1, 0.15) is 5.82 Å². The summed E-state index contributed by atoms with van der Waals surface area (Å²) in [4.78, 5) is 17.1. The number of fused-ring (bicyclic) bond motifs is 1. The van der Waals surface area contributed by atoms with Crippen molar-refractivity contribution in [1.82, 2.24) is 15.1 Å². The molecule has 0 spiro atoms. The first-order chi connectivity index (χ1) is 15.2. The molecule has 0 atom stereocenters. The molecule has 2 heterocycles. The lowest BCUT2D eigenvalue weighted by atomic mass is 10.2. The quantitative estimate of drug-likeness (QED) is 0.658. The molecule has 2 aliphatic rings. The zero-order chi connectivity index (χ0) is 21.5. The Labute approximate surface area is 181 Å². The van der Waals surface area contributed by atoms with E-state index in [-0.39, 0.29) is 25.1 Å². The number of amides is 1. The average molecular weight is 429 g/mol. The van der Waals surface area contributed by atoms with Crippen LogP contribution in [0.4, 0.5) is 4.39 Å². The molecule has 1 amide bonds. The third-order valence-corrected chi connectivity index (χ3v) is 5.45. The average Bonchev–Trinajstić information content (AvgIpc) is 3.26. The lowest BCUT2D eigenvalue weighted by Crippen LogP contribution is -2.43. The maximum absolute atomic E-state index is 13.1. The number of rotatable bonds is 9. The second-order valence-electron chi connectivity index (χ2n) is 7.76. The molecule has 0 saturated carbocycles. The van der Waals surface area contributed by atoms with Crippen molar-refractivity contribution in [2.24, 2.45) is 0 Å². The Bertz CT molecular complexity index is 872. The van der Waals surface area contributed by atoms with Crippen LogP contribution in [0.15, 0.2) is 42.5 Å². The minimum absolute atomic E-state index is 0.0629. The number of ether oxygens (including phenoxy) is 3. The summed E-state index contributed by atoms with van der Waals surface area (Å²) in [6.07, 6.45) is 0. The molecular formula is C23H28FN3O4. The Morgan fingerprint density at radius 3 is 2.58 bits per heavy atom. The number of nitrogens with zero attached hydrogens (tertiary/aromatic N) is 2. The molecular weight excluding hydrogens is 401 g/mol. The fraction of sp³-hybridized carbons (Fsp3) is 0.435. The summed E-state index contributed by atoms with van der Waals surface area (Å²) in [5.41, 5.74) is 1.93. The van der Waals surface area contributed by atoms with Crippen molar-refractivity contribution in [2.45, 2.75) is 13.1 Å². The van der Waals surface area contributed by atoms with E-state index in [1.807, 2.05) is 18.2 Å². The summed E-state index contributed by atoms with van der Waals surface area (Å²) in [5, 5.41) is 2.93. The topological polar surface area (TPSA) is 63.3 Å². The summed E-state index contributed by atoms with van der Waals surface area (Å²) < 4.78 is 29.4. The minimum Gasteiger partial charge on any atom is -0.454 e. The maximum atomic E-state index is 13.1. The zero-order valence-electron chi connectivity index (χ0n) is 17.5. The third-order valence-electron chi connectivity index (χ3n) is 5.45. The van der Waals surface area contributed by atoms with Gasteiger partial charge in [0.05, 0.1) is 19.8 Å². The molecule has 1 fully saturated rings. The molecule has 7 nitrogen and oxygen atoms in total. The van der Waals surface area contributed by atoms with Gasteiger partial charge >= 0.3 is 0 Å². The molecule has 2 aliphatic heterocycles. The molecule has 1 saturated heterocycles. The number of morpholine rings is 1. The normalized spacial score (nSPS) is 15.9. The van der Waals surface area contributed by atoms with E-state index < -0.39 is 0 Å². The summed E-state index contributed by atoms with van der Waals surface area (Å²) >= 11 is 0. The smallest absolute Gasteiger partial charge is 0.234 e. The molecule has 1 N–H and O–H groups in total. The minimum atomic E-state index is -0.284. The molecule has 4 rings (SSSR count). The predicted molar refractivity (Wildman–Crippen MR) is 113 cm³/mol. The van der Waals surface area contributed by atoms with E-state index in [4.69, 9.17) is 14.2 Å². The number of carbonyl (C=O) groups excluding carboxylic acids is 1. The van der Waals surface area contributed by atoms with E-state index in [9.17, 15) is 9.18 Å². The van der Waals surface area contributed by atoms with Crippen LogP contribution in [0.3, 0.4) is 0 Å². The Hall–Kier alpha value is -2.68. The van der Waals surface area contributed by atoms with Crippen molar-refractivity contribution in [3.8, 4) is 11.5 Å². The molecule has 2 aromatic carbocycles. The first-order valence-electron chi connectivity index (χ1n) is 10.6. The van der Waals surface area contributed by atoms with Crippen molar-refractivity contribution < 1.29 is 23.4 Å². The van der Waals surface area contributed by atoms with Crippen LogP contribution in [0.25, 0.3) is 0 Å². The van der Waals surface area contributed by atoms with Gasteiger partial charge in [0.15, 0.2) is 11.5 Å². The van der Waals surface area contributed by atoms with Gasteiger partial charge in [-0.1, -0.05) is 18.2 Å². The lowest BCUT2D eigenvalue weighted by molar-refractivity contribution is -0.122. The van der Waals surface area contributed by atoms with Crippen LogP contribution in [0, 0.1) is 5.82 Å². The Morgan fingerprint density at radius 1 is 1.03 bits per heavy atom. The first-order valence-corrected chi connectivity index (χ1v) is 10.6. The maximum Gasteiger partial charge on any atom is 0.234 e. The summed E-state index contributed by atoms with van der Waals surface area (Å²) in [5.74, 6) is 1.15. The number of hydrogen-bond acceptors (Lipinski definition) is 6. The van der Waals surface area contributed by atoms with Gasteiger partial charge in [-0.25, -0.2) is 4.39 Å². The van der Waals surface area contributed by atoms with Gasteiger partial charge in [-0.2, -0.15) is 0 Å². The van der Waals surface area contributed by atoms with Crippen molar-refractivity contribution in [3.05, 3.63) is 59.4 Å². The van der Waals surface area contributed by atoms with Gasteiger partial charge in [-0.05, 0) is 35.4 Å². The number of nitrogens with one attached hydrogen (secondary N) is 1. The van der Waals surface area contributed by atoms with E-state index in [1.165, 1.54) is 12.1 Å². The molecule has 31 heavy (non-hydrogen) atoms. The Balaban J connectivity index is 1.34. The molecule has 2 aromatic rings. The van der Waals surface area contributed by atoms with E-state index >= 15 is 0 Å². The number of hydrogen-bond donors (Lipinski definition) is 1. The van der Waals surface area contributed by atoms with Crippen LogP contribution in [-0.2, 0) is 22.6 Å².